The van der Waals surface area contributed by atoms with E-state index < -0.39 is 23.8 Å². The molecule has 0 radical (unpaired) electrons. The van der Waals surface area contributed by atoms with E-state index in [9.17, 15) is 14.4 Å². The van der Waals surface area contributed by atoms with Gasteiger partial charge in [-0.2, -0.15) is 0 Å². The molecule has 0 aromatic rings. The van der Waals surface area contributed by atoms with Gasteiger partial charge in [-0.3, -0.25) is 9.59 Å². The van der Waals surface area contributed by atoms with Crippen LogP contribution in [-0.4, -0.2) is 40.6 Å². The lowest BCUT2D eigenvalue weighted by molar-refractivity contribution is -0.148. The van der Waals surface area contributed by atoms with Gasteiger partial charge in [0.2, 0.25) is 5.91 Å². The first kappa shape index (κ1) is 19.7. The van der Waals surface area contributed by atoms with Crippen LogP contribution in [-0.2, 0) is 19.1 Å². The van der Waals surface area contributed by atoms with Gasteiger partial charge in [0.1, 0.15) is 11.7 Å². The van der Waals surface area contributed by atoms with Crippen molar-refractivity contribution >= 4 is 18.0 Å². The van der Waals surface area contributed by atoms with E-state index in [1.54, 1.807) is 20.8 Å². The van der Waals surface area contributed by atoms with Crippen molar-refractivity contribution in [2.24, 2.45) is 23.7 Å². The molecule has 0 aliphatic carbocycles. The van der Waals surface area contributed by atoms with Crippen LogP contribution in [0.3, 0.4) is 0 Å². The van der Waals surface area contributed by atoms with Gasteiger partial charge < -0.3 is 9.47 Å². The Bertz CT molecular complexity index is 549. The quantitative estimate of drug-likeness (QED) is 0.727. The predicted molar refractivity (Wildman–Crippen MR) is 92.6 cm³/mol. The minimum absolute atomic E-state index is 0.112. The van der Waals surface area contributed by atoms with Crippen LogP contribution >= 0.6 is 0 Å². The summed E-state index contributed by atoms with van der Waals surface area (Å²) in [5.74, 6) is -0.609. The van der Waals surface area contributed by atoms with Crippen molar-refractivity contribution in [3.8, 4) is 0 Å². The molecule has 2 saturated heterocycles. The summed E-state index contributed by atoms with van der Waals surface area (Å²) in [6, 6.07) is -0.442. The van der Waals surface area contributed by atoms with E-state index in [0.717, 1.165) is 0 Å². The highest BCUT2D eigenvalue weighted by molar-refractivity contribution is 5.96. The topological polar surface area (TPSA) is 72.9 Å². The number of amides is 2. The molecule has 142 valence electrons. The average Bonchev–Trinajstić information content (AvgIpc) is 2.97. The predicted octanol–water partition coefficient (Wildman–Crippen LogP) is 3.38. The Balaban J connectivity index is 2.25. The van der Waals surface area contributed by atoms with Gasteiger partial charge >= 0.3 is 12.1 Å². The Labute approximate surface area is 150 Å². The number of hydrogen-bond acceptors (Lipinski definition) is 5. The maximum absolute atomic E-state index is 12.8. The van der Waals surface area contributed by atoms with Crippen molar-refractivity contribution in [2.45, 2.75) is 79.1 Å². The van der Waals surface area contributed by atoms with Crippen LogP contribution in [0.15, 0.2) is 0 Å². The van der Waals surface area contributed by atoms with Crippen LogP contribution in [0.4, 0.5) is 4.79 Å². The number of ether oxygens (including phenoxy) is 2. The molecule has 6 heteroatoms. The zero-order chi connectivity index (χ0) is 19.1. The van der Waals surface area contributed by atoms with Crippen LogP contribution in [0.1, 0.15) is 61.3 Å². The zero-order valence-electron chi connectivity index (χ0n) is 16.4. The molecule has 0 N–H and O–H groups in total. The van der Waals surface area contributed by atoms with E-state index in [2.05, 4.69) is 0 Å². The molecule has 2 amide bonds. The van der Waals surface area contributed by atoms with Crippen LogP contribution in [0, 0.1) is 23.7 Å². The standard InChI is InChI=1S/C19H31NO5/c1-10(2)12-8-14(15-9-13(11(3)4)17(22)24-15)20(16(12)21)18(23)25-19(5,6)7/h10-15H,8-9H2,1-7H3/t12?,13?,14-,15-/m0/s1. The Morgan fingerprint density at radius 2 is 1.64 bits per heavy atom. The minimum atomic E-state index is -0.690. The number of carbonyl (C=O) groups excluding carboxylic acids is 3. The minimum Gasteiger partial charge on any atom is -0.460 e. The van der Waals surface area contributed by atoms with Crippen molar-refractivity contribution in [3.05, 3.63) is 0 Å². The maximum Gasteiger partial charge on any atom is 0.417 e. The van der Waals surface area contributed by atoms with Crippen molar-refractivity contribution in [1.82, 2.24) is 4.90 Å². The van der Waals surface area contributed by atoms with E-state index in [1.165, 1.54) is 4.90 Å². The van der Waals surface area contributed by atoms with Gasteiger partial charge in [-0.1, -0.05) is 27.7 Å². The fraction of sp³-hybridized carbons (Fsp3) is 0.842. The third-order valence-corrected chi connectivity index (χ3v) is 5.07. The third-order valence-electron chi connectivity index (χ3n) is 5.07. The maximum atomic E-state index is 12.8. The van der Waals surface area contributed by atoms with Gasteiger partial charge in [-0.05, 0) is 45.4 Å². The van der Waals surface area contributed by atoms with E-state index in [-0.39, 0.29) is 35.5 Å². The van der Waals surface area contributed by atoms with E-state index in [4.69, 9.17) is 9.47 Å². The smallest absolute Gasteiger partial charge is 0.417 e. The molecule has 0 aromatic heterocycles. The van der Waals surface area contributed by atoms with Crippen molar-refractivity contribution < 1.29 is 23.9 Å². The molecule has 2 fully saturated rings. The number of hydrogen-bond donors (Lipinski definition) is 0. The molecule has 2 unspecified atom stereocenters. The summed E-state index contributed by atoms with van der Waals surface area (Å²) < 4.78 is 11.0. The number of rotatable bonds is 3. The fourth-order valence-electron chi connectivity index (χ4n) is 3.63. The number of imide groups is 1. The second-order valence-corrected chi connectivity index (χ2v) is 8.90. The van der Waals surface area contributed by atoms with Crippen LogP contribution < -0.4 is 0 Å². The Kier molecular flexibility index (Phi) is 5.50. The largest absolute Gasteiger partial charge is 0.460 e. The van der Waals surface area contributed by atoms with Crippen molar-refractivity contribution in [3.63, 3.8) is 0 Å². The van der Waals surface area contributed by atoms with Gasteiger partial charge in [0.15, 0.2) is 0 Å². The summed E-state index contributed by atoms with van der Waals surface area (Å²) in [5, 5.41) is 0. The Hall–Kier alpha value is -1.59. The lowest BCUT2D eigenvalue weighted by Crippen LogP contribution is -2.47. The summed E-state index contributed by atoms with van der Waals surface area (Å²) >= 11 is 0. The molecule has 0 saturated carbocycles. The highest BCUT2D eigenvalue weighted by Crippen LogP contribution is 2.39. The van der Waals surface area contributed by atoms with Crippen LogP contribution in [0.25, 0.3) is 0 Å². The van der Waals surface area contributed by atoms with E-state index in [0.29, 0.717) is 12.8 Å². The molecule has 0 bridgehead atoms. The summed E-state index contributed by atoms with van der Waals surface area (Å²) in [4.78, 5) is 38.8. The zero-order valence-corrected chi connectivity index (χ0v) is 16.4. The summed E-state index contributed by atoms with van der Waals surface area (Å²) in [5.41, 5.74) is -0.690. The second kappa shape index (κ2) is 6.96. The molecular formula is C19H31NO5. The van der Waals surface area contributed by atoms with Crippen LogP contribution in [0.5, 0.6) is 0 Å². The van der Waals surface area contributed by atoms with Crippen molar-refractivity contribution in [2.75, 3.05) is 0 Å². The van der Waals surface area contributed by atoms with E-state index in [1.807, 2.05) is 27.7 Å². The first-order valence-electron chi connectivity index (χ1n) is 9.19. The first-order valence-corrected chi connectivity index (χ1v) is 9.19. The summed E-state index contributed by atoms with van der Waals surface area (Å²) in [6.07, 6.45) is -0.0355. The molecule has 2 heterocycles. The Morgan fingerprint density at radius 1 is 1.08 bits per heavy atom. The first-order chi connectivity index (χ1) is 11.4. The number of likely N-dealkylation sites (tertiary alicyclic amines) is 1. The average molecular weight is 353 g/mol. The van der Waals surface area contributed by atoms with Gasteiger partial charge in [-0.15, -0.1) is 0 Å². The lowest BCUT2D eigenvalue weighted by Gasteiger charge is -2.29. The fourth-order valence-corrected chi connectivity index (χ4v) is 3.63. The number of nitrogens with zero attached hydrogens (tertiary/aromatic N) is 1. The molecule has 2 rings (SSSR count). The van der Waals surface area contributed by atoms with Gasteiger partial charge in [0.25, 0.3) is 0 Å². The molecule has 4 atom stereocenters. The summed E-state index contributed by atoms with van der Waals surface area (Å²) in [7, 11) is 0. The lowest BCUT2D eigenvalue weighted by atomic mass is 9.88. The molecule has 0 spiro atoms. The molecule has 0 aromatic carbocycles. The highest BCUT2D eigenvalue weighted by atomic mass is 16.6. The van der Waals surface area contributed by atoms with Crippen molar-refractivity contribution in [1.29, 1.82) is 0 Å². The van der Waals surface area contributed by atoms with Gasteiger partial charge in [-0.25, -0.2) is 9.69 Å². The number of carbonyl (C=O) groups is 3. The summed E-state index contributed by atoms with van der Waals surface area (Å²) in [6.45, 7) is 13.2. The molecule has 2 aliphatic heterocycles. The monoisotopic (exact) mass is 353 g/mol. The number of esters is 1. The SMILES string of the molecule is CC(C)C1C[C@@H]([C@@H]2CC(C(C)C)C(=O)N2C(=O)OC(C)(C)C)OC1=O. The van der Waals surface area contributed by atoms with E-state index >= 15 is 0 Å². The molecule has 25 heavy (non-hydrogen) atoms. The van der Waals surface area contributed by atoms with Gasteiger partial charge in [0.05, 0.1) is 12.0 Å². The third kappa shape index (κ3) is 4.15. The molecular weight excluding hydrogens is 322 g/mol. The molecule has 6 nitrogen and oxygen atoms in total. The highest BCUT2D eigenvalue weighted by Gasteiger charge is 2.52. The van der Waals surface area contributed by atoms with Gasteiger partial charge in [0, 0.05) is 5.92 Å². The number of cyclic esters (lactones) is 1. The van der Waals surface area contributed by atoms with Crippen LogP contribution in [0.2, 0.25) is 0 Å². The normalized spacial score (nSPS) is 30.4. The second-order valence-electron chi connectivity index (χ2n) is 8.90. The Morgan fingerprint density at radius 3 is 2.08 bits per heavy atom. The molecule has 2 aliphatic rings.